The zero-order valence-corrected chi connectivity index (χ0v) is 22.1. The van der Waals surface area contributed by atoms with Crippen molar-refractivity contribution in [3.8, 4) is 0 Å². The molecule has 1 rings (SSSR count). The average molecular weight is 478 g/mol. The van der Waals surface area contributed by atoms with E-state index in [4.69, 9.17) is 9.84 Å². The van der Waals surface area contributed by atoms with Crippen LogP contribution in [-0.2, 0) is 9.53 Å². The maximum absolute atomic E-state index is 12.3. The van der Waals surface area contributed by atoms with Crippen LogP contribution in [0.2, 0.25) is 0 Å². The predicted molar refractivity (Wildman–Crippen MR) is 142 cm³/mol. The molecule has 0 bridgehead atoms. The maximum atomic E-state index is 12.3. The molecule has 1 aromatic rings. The molecule has 0 aliphatic heterocycles. The van der Waals surface area contributed by atoms with E-state index in [0.29, 0.717) is 6.42 Å². The Hall–Kier alpha value is -1.59. The number of aliphatic hydroxyl groups is 2. The molecule has 3 N–H and O–H groups in total. The summed E-state index contributed by atoms with van der Waals surface area (Å²) in [6.07, 6.45) is 15.9. The van der Waals surface area contributed by atoms with Gasteiger partial charge in [-0.25, -0.2) is 0 Å². The number of aliphatic hydroxyl groups excluding tert-OH is 2. The fourth-order valence-corrected chi connectivity index (χ4v) is 4.20. The molecule has 1 aromatic carbocycles. The number of rotatable bonds is 21. The molecular weight excluding hydrogens is 426 g/mol. The van der Waals surface area contributed by atoms with Crippen LogP contribution in [0.5, 0.6) is 0 Å². The molecular formula is C29H51NO4. The normalized spacial score (nSPS) is 13.1. The zero-order chi connectivity index (χ0) is 25.0. The van der Waals surface area contributed by atoms with Crippen molar-refractivity contribution in [2.75, 3.05) is 25.1 Å². The third kappa shape index (κ3) is 14.6. The van der Waals surface area contributed by atoms with Crippen LogP contribution in [-0.4, -0.2) is 42.0 Å². The van der Waals surface area contributed by atoms with Gasteiger partial charge in [0.2, 0.25) is 0 Å². The van der Waals surface area contributed by atoms with Crippen LogP contribution in [0.25, 0.3) is 0 Å². The number of benzene rings is 1. The summed E-state index contributed by atoms with van der Waals surface area (Å²) in [4.78, 5) is 12.3. The van der Waals surface area contributed by atoms with Gasteiger partial charge in [0.25, 0.3) is 0 Å². The molecule has 0 spiro atoms. The molecule has 0 radical (unpaired) electrons. The fourth-order valence-electron chi connectivity index (χ4n) is 4.20. The van der Waals surface area contributed by atoms with E-state index in [-0.39, 0.29) is 18.5 Å². The van der Waals surface area contributed by atoms with Crippen molar-refractivity contribution in [3.05, 3.63) is 29.8 Å². The van der Waals surface area contributed by atoms with Crippen LogP contribution < -0.4 is 5.32 Å². The Morgan fingerprint density at radius 1 is 0.882 bits per heavy atom. The zero-order valence-electron chi connectivity index (χ0n) is 22.1. The molecule has 0 aliphatic rings. The Balaban J connectivity index is 2.08. The Morgan fingerprint density at radius 3 is 1.91 bits per heavy atom. The van der Waals surface area contributed by atoms with Gasteiger partial charge in [0.05, 0.1) is 12.5 Å². The van der Waals surface area contributed by atoms with Gasteiger partial charge in [0, 0.05) is 12.2 Å². The highest BCUT2D eigenvalue weighted by Crippen LogP contribution is 2.23. The van der Waals surface area contributed by atoms with Crippen LogP contribution in [0.1, 0.15) is 116 Å². The van der Waals surface area contributed by atoms with Gasteiger partial charge in [0.15, 0.2) is 0 Å². The first-order chi connectivity index (χ1) is 16.5. The van der Waals surface area contributed by atoms with Crippen LogP contribution in [0.3, 0.4) is 0 Å². The van der Waals surface area contributed by atoms with Gasteiger partial charge in [0.1, 0.15) is 12.7 Å². The standard InChI is InChI=1S/C29H51NO4/c1-4-28(29(33)34-23-27(32)22-31)25-17-19-26(20-18-25)30-21-15-13-11-9-7-5-6-8-10-12-14-16-24(2)3/h17-20,24,27-28,30-32H,4-16,21-23H2,1-3H3. The minimum atomic E-state index is -1.03. The summed E-state index contributed by atoms with van der Waals surface area (Å²) in [5.41, 5.74) is 1.98. The average Bonchev–Trinajstić information content (AvgIpc) is 2.83. The molecule has 2 unspecified atom stereocenters. The molecule has 5 nitrogen and oxygen atoms in total. The number of hydrogen-bond donors (Lipinski definition) is 3. The monoisotopic (exact) mass is 477 g/mol. The third-order valence-electron chi connectivity index (χ3n) is 6.42. The van der Waals surface area contributed by atoms with Crippen molar-refractivity contribution in [1.82, 2.24) is 0 Å². The summed E-state index contributed by atoms with van der Waals surface area (Å²) >= 11 is 0. The molecule has 34 heavy (non-hydrogen) atoms. The lowest BCUT2D eigenvalue weighted by Gasteiger charge is -2.16. The lowest BCUT2D eigenvalue weighted by atomic mass is 9.96. The van der Waals surface area contributed by atoms with Crippen LogP contribution >= 0.6 is 0 Å². The SMILES string of the molecule is CCC(C(=O)OCC(O)CO)c1ccc(NCCCCCCCCCCCCCC(C)C)cc1. The maximum Gasteiger partial charge on any atom is 0.313 e. The van der Waals surface area contributed by atoms with E-state index in [1.54, 1.807) is 0 Å². The number of ether oxygens (including phenoxy) is 1. The number of carbonyl (C=O) groups is 1. The Kier molecular flexibility index (Phi) is 17.6. The topological polar surface area (TPSA) is 78.8 Å². The molecule has 196 valence electrons. The lowest BCUT2D eigenvalue weighted by Crippen LogP contribution is -2.24. The van der Waals surface area contributed by atoms with Gasteiger partial charge < -0.3 is 20.3 Å². The number of hydrogen-bond acceptors (Lipinski definition) is 5. The second-order valence-corrected chi connectivity index (χ2v) is 10.0. The summed E-state index contributed by atoms with van der Waals surface area (Å²) in [6.45, 7) is 6.94. The van der Waals surface area contributed by atoms with E-state index in [1.807, 2.05) is 31.2 Å². The number of unbranched alkanes of at least 4 members (excludes halogenated alkanes) is 10. The largest absolute Gasteiger partial charge is 0.462 e. The van der Waals surface area contributed by atoms with Crippen molar-refractivity contribution in [2.45, 2.75) is 116 Å². The smallest absolute Gasteiger partial charge is 0.313 e. The van der Waals surface area contributed by atoms with Crippen molar-refractivity contribution in [1.29, 1.82) is 0 Å². The molecule has 0 aromatic heterocycles. The number of carbonyl (C=O) groups excluding carboxylic acids is 1. The van der Waals surface area contributed by atoms with Crippen LogP contribution in [0, 0.1) is 5.92 Å². The fraction of sp³-hybridized carbons (Fsp3) is 0.759. The molecule has 0 aliphatic carbocycles. The minimum absolute atomic E-state index is 0.177. The first-order valence-electron chi connectivity index (χ1n) is 13.8. The number of anilines is 1. The van der Waals surface area contributed by atoms with Crippen molar-refractivity contribution < 1.29 is 19.7 Å². The van der Waals surface area contributed by atoms with Gasteiger partial charge in [-0.2, -0.15) is 0 Å². The van der Waals surface area contributed by atoms with Crippen molar-refractivity contribution in [3.63, 3.8) is 0 Å². The van der Waals surface area contributed by atoms with Gasteiger partial charge in [-0.05, 0) is 36.5 Å². The van der Waals surface area contributed by atoms with Gasteiger partial charge in [-0.3, -0.25) is 4.79 Å². The van der Waals surface area contributed by atoms with E-state index in [0.717, 1.165) is 23.7 Å². The Labute approximate surface area is 208 Å². The highest BCUT2D eigenvalue weighted by molar-refractivity contribution is 5.78. The first kappa shape index (κ1) is 30.4. The Bertz CT molecular complexity index is 617. The number of esters is 1. The highest BCUT2D eigenvalue weighted by Gasteiger charge is 2.21. The summed E-state index contributed by atoms with van der Waals surface area (Å²) in [7, 11) is 0. The molecule has 0 heterocycles. The van der Waals surface area contributed by atoms with Crippen molar-refractivity contribution in [2.24, 2.45) is 5.92 Å². The van der Waals surface area contributed by atoms with Crippen molar-refractivity contribution >= 4 is 11.7 Å². The van der Waals surface area contributed by atoms with E-state index in [9.17, 15) is 9.90 Å². The van der Waals surface area contributed by atoms with Gasteiger partial charge >= 0.3 is 5.97 Å². The third-order valence-corrected chi connectivity index (χ3v) is 6.42. The quantitative estimate of drug-likeness (QED) is 0.134. The van der Waals surface area contributed by atoms with E-state index in [1.165, 1.54) is 77.0 Å². The summed E-state index contributed by atoms with van der Waals surface area (Å²) in [5, 5.41) is 21.7. The lowest BCUT2D eigenvalue weighted by molar-refractivity contribution is -0.149. The predicted octanol–water partition coefficient (Wildman–Crippen LogP) is 6.83. The molecule has 0 amide bonds. The van der Waals surface area contributed by atoms with Gasteiger partial charge in [-0.1, -0.05) is 104 Å². The molecule has 5 heteroatoms. The second-order valence-electron chi connectivity index (χ2n) is 10.0. The second kappa shape index (κ2) is 19.7. The van der Waals surface area contributed by atoms with E-state index >= 15 is 0 Å². The van der Waals surface area contributed by atoms with Crippen LogP contribution in [0.15, 0.2) is 24.3 Å². The minimum Gasteiger partial charge on any atom is -0.462 e. The molecule has 2 atom stereocenters. The molecule has 0 saturated heterocycles. The molecule has 0 saturated carbocycles. The summed E-state index contributed by atoms with van der Waals surface area (Å²) in [5.74, 6) is 0.134. The Morgan fingerprint density at radius 2 is 1.41 bits per heavy atom. The first-order valence-corrected chi connectivity index (χ1v) is 13.8. The molecule has 0 fully saturated rings. The highest BCUT2D eigenvalue weighted by atomic mass is 16.5. The van der Waals surface area contributed by atoms with E-state index in [2.05, 4.69) is 19.2 Å². The van der Waals surface area contributed by atoms with E-state index < -0.39 is 12.7 Å². The van der Waals surface area contributed by atoms with Gasteiger partial charge in [-0.15, -0.1) is 0 Å². The summed E-state index contributed by atoms with van der Waals surface area (Å²) in [6, 6.07) is 7.95. The number of nitrogens with one attached hydrogen (secondary N) is 1. The van der Waals surface area contributed by atoms with Crippen LogP contribution in [0.4, 0.5) is 5.69 Å². The summed E-state index contributed by atoms with van der Waals surface area (Å²) < 4.78 is 5.13.